The zero-order chi connectivity index (χ0) is 23.8. The van der Waals surface area contributed by atoms with Gasteiger partial charge in [0.05, 0.1) is 5.92 Å². The molecule has 3 fully saturated rings. The van der Waals surface area contributed by atoms with Gasteiger partial charge in [-0.3, -0.25) is 4.79 Å². The third-order valence-electron chi connectivity index (χ3n) is 9.66. The normalized spacial score (nSPS) is 31.5. The van der Waals surface area contributed by atoms with E-state index >= 15 is 0 Å². The molecule has 35 heavy (non-hydrogen) atoms. The molecule has 1 aromatic carbocycles. The Morgan fingerprint density at radius 1 is 1.03 bits per heavy atom. The van der Waals surface area contributed by atoms with Gasteiger partial charge in [-0.25, -0.2) is 4.98 Å². The highest BCUT2D eigenvalue weighted by molar-refractivity contribution is 6.29. The van der Waals surface area contributed by atoms with Crippen LogP contribution in [0, 0.1) is 11.8 Å². The summed E-state index contributed by atoms with van der Waals surface area (Å²) in [4.78, 5) is 21.5. The summed E-state index contributed by atoms with van der Waals surface area (Å²) >= 11 is 6.26. The molecule has 4 aliphatic rings. The van der Waals surface area contributed by atoms with Crippen LogP contribution in [0.15, 0.2) is 42.5 Å². The number of hydrogen-bond acceptors (Lipinski definition) is 3. The molecule has 6 rings (SSSR count). The lowest BCUT2D eigenvalue weighted by Crippen LogP contribution is -2.55. The number of benzene rings is 1. The second-order valence-electron chi connectivity index (χ2n) is 11.5. The standard InChI is InChI=1S/C30H38ClN3O/c31-28-14-13-24-26(33-28)12-7-16-30(24)20-32-19-25(30)29(35)34-17-15-23(21-8-3-1-4-9-21)18-27(34)22-10-5-2-6-11-22/h1,3-4,8-9,13-14,22-23,25,27,32H,2,5-7,10-12,15-20H2/t23-,25+,27?,30+/m1/s1. The van der Waals surface area contributed by atoms with Crippen molar-refractivity contribution >= 4 is 17.5 Å². The Labute approximate surface area is 214 Å². The van der Waals surface area contributed by atoms with E-state index in [-0.39, 0.29) is 11.3 Å². The summed E-state index contributed by atoms with van der Waals surface area (Å²) in [6, 6.07) is 15.5. The topological polar surface area (TPSA) is 45.2 Å². The molecule has 0 bridgehead atoms. The highest BCUT2D eigenvalue weighted by atomic mass is 35.5. The van der Waals surface area contributed by atoms with Crippen LogP contribution in [-0.2, 0) is 16.6 Å². The lowest BCUT2D eigenvalue weighted by atomic mass is 9.64. The third-order valence-corrected chi connectivity index (χ3v) is 9.87. The van der Waals surface area contributed by atoms with Crippen LogP contribution in [0.5, 0.6) is 0 Å². The number of pyridine rings is 1. The first-order valence-corrected chi connectivity index (χ1v) is 14.3. The predicted octanol–water partition coefficient (Wildman–Crippen LogP) is 5.88. The lowest BCUT2D eigenvalue weighted by molar-refractivity contribution is -0.143. The monoisotopic (exact) mass is 491 g/mol. The van der Waals surface area contributed by atoms with Crippen molar-refractivity contribution < 1.29 is 4.79 Å². The molecule has 4 nitrogen and oxygen atoms in total. The van der Waals surface area contributed by atoms with E-state index in [4.69, 9.17) is 11.6 Å². The van der Waals surface area contributed by atoms with Crippen molar-refractivity contribution in [3.8, 4) is 0 Å². The van der Waals surface area contributed by atoms with Gasteiger partial charge < -0.3 is 10.2 Å². The average Bonchev–Trinajstić information content (AvgIpc) is 3.32. The van der Waals surface area contributed by atoms with Crippen molar-refractivity contribution in [2.75, 3.05) is 19.6 Å². The van der Waals surface area contributed by atoms with E-state index < -0.39 is 0 Å². The summed E-state index contributed by atoms with van der Waals surface area (Å²) in [5.41, 5.74) is 3.68. The first-order chi connectivity index (χ1) is 17.2. The fourth-order valence-electron chi connectivity index (χ4n) is 7.92. The van der Waals surface area contributed by atoms with Gasteiger partial charge in [0.25, 0.3) is 0 Å². The number of amides is 1. The molecule has 4 atom stereocenters. The van der Waals surface area contributed by atoms with Crippen LogP contribution in [0.3, 0.4) is 0 Å². The Morgan fingerprint density at radius 3 is 2.69 bits per heavy atom. The van der Waals surface area contributed by atoms with Crippen LogP contribution < -0.4 is 5.32 Å². The number of rotatable bonds is 3. The number of fused-ring (bicyclic) bond motifs is 2. The molecule has 0 radical (unpaired) electrons. The van der Waals surface area contributed by atoms with E-state index in [2.05, 4.69) is 51.6 Å². The molecule has 186 valence electrons. The minimum absolute atomic E-state index is 0.0103. The highest BCUT2D eigenvalue weighted by Gasteiger charge is 2.52. The van der Waals surface area contributed by atoms with Crippen molar-refractivity contribution in [1.29, 1.82) is 0 Å². The summed E-state index contributed by atoms with van der Waals surface area (Å²) in [6.07, 6.45) is 11.8. The third kappa shape index (κ3) is 4.31. The molecule has 2 aromatic rings. The fourth-order valence-corrected chi connectivity index (χ4v) is 8.08. The first-order valence-electron chi connectivity index (χ1n) is 13.9. The Morgan fingerprint density at radius 2 is 1.86 bits per heavy atom. The van der Waals surface area contributed by atoms with Gasteiger partial charge in [-0.1, -0.05) is 67.3 Å². The molecule has 1 N–H and O–H groups in total. The molecule has 5 heteroatoms. The van der Waals surface area contributed by atoms with Crippen LogP contribution >= 0.6 is 11.6 Å². The van der Waals surface area contributed by atoms with Crippen molar-refractivity contribution in [1.82, 2.24) is 15.2 Å². The number of aryl methyl sites for hydroxylation is 1. The Kier molecular flexibility index (Phi) is 6.62. The predicted molar refractivity (Wildman–Crippen MR) is 141 cm³/mol. The molecular formula is C30H38ClN3O. The van der Waals surface area contributed by atoms with Crippen LogP contribution in [0.2, 0.25) is 5.15 Å². The van der Waals surface area contributed by atoms with E-state index in [0.717, 1.165) is 57.4 Å². The summed E-state index contributed by atoms with van der Waals surface area (Å²) in [5.74, 6) is 1.58. The van der Waals surface area contributed by atoms with Crippen LogP contribution in [0.4, 0.5) is 0 Å². The van der Waals surface area contributed by atoms with E-state index in [9.17, 15) is 4.79 Å². The fraction of sp³-hybridized carbons (Fsp3) is 0.600. The largest absolute Gasteiger partial charge is 0.339 e. The maximum absolute atomic E-state index is 14.5. The molecule has 2 aliphatic heterocycles. The Hall–Kier alpha value is -1.91. The summed E-state index contributed by atoms with van der Waals surface area (Å²) in [6.45, 7) is 2.53. The highest BCUT2D eigenvalue weighted by Crippen LogP contribution is 2.47. The number of nitrogens with one attached hydrogen (secondary N) is 1. The summed E-state index contributed by atoms with van der Waals surface area (Å²) in [5, 5.41) is 4.19. The zero-order valence-electron chi connectivity index (χ0n) is 20.7. The molecule has 1 aromatic heterocycles. The van der Waals surface area contributed by atoms with Crippen LogP contribution in [0.1, 0.15) is 80.5 Å². The van der Waals surface area contributed by atoms with Gasteiger partial charge in [0.2, 0.25) is 5.91 Å². The molecule has 2 aliphatic carbocycles. The van der Waals surface area contributed by atoms with Crippen molar-refractivity contribution in [3.05, 3.63) is 64.4 Å². The zero-order valence-corrected chi connectivity index (χ0v) is 21.5. The molecule has 1 saturated carbocycles. The minimum atomic E-state index is -0.143. The van der Waals surface area contributed by atoms with Gasteiger partial charge in [0, 0.05) is 36.8 Å². The Bertz CT molecular complexity index is 1050. The number of likely N-dealkylation sites (tertiary alicyclic amines) is 1. The van der Waals surface area contributed by atoms with E-state index in [1.54, 1.807) is 0 Å². The number of aromatic nitrogens is 1. The smallest absolute Gasteiger partial charge is 0.228 e. The average molecular weight is 492 g/mol. The molecule has 1 unspecified atom stereocenters. The summed E-state index contributed by atoms with van der Waals surface area (Å²) in [7, 11) is 0. The number of carbonyl (C=O) groups is 1. The number of piperidine rings is 1. The van der Waals surface area contributed by atoms with E-state index in [0.29, 0.717) is 28.9 Å². The molecule has 1 spiro atoms. The number of carbonyl (C=O) groups excluding carboxylic acids is 1. The minimum Gasteiger partial charge on any atom is -0.339 e. The molecule has 2 saturated heterocycles. The van der Waals surface area contributed by atoms with Gasteiger partial charge >= 0.3 is 0 Å². The van der Waals surface area contributed by atoms with Crippen LogP contribution in [-0.4, -0.2) is 41.5 Å². The number of nitrogens with zero attached hydrogens (tertiary/aromatic N) is 2. The van der Waals surface area contributed by atoms with Crippen molar-refractivity contribution in [2.45, 2.75) is 81.6 Å². The quantitative estimate of drug-likeness (QED) is 0.545. The molecule has 1 amide bonds. The van der Waals surface area contributed by atoms with E-state index in [1.807, 2.05) is 6.07 Å². The van der Waals surface area contributed by atoms with Crippen LogP contribution in [0.25, 0.3) is 0 Å². The molecular weight excluding hydrogens is 454 g/mol. The van der Waals surface area contributed by atoms with Crippen molar-refractivity contribution in [3.63, 3.8) is 0 Å². The van der Waals surface area contributed by atoms with Gasteiger partial charge in [0.1, 0.15) is 5.15 Å². The maximum atomic E-state index is 14.5. The second kappa shape index (κ2) is 9.86. The number of halogens is 1. The summed E-state index contributed by atoms with van der Waals surface area (Å²) < 4.78 is 0. The first kappa shape index (κ1) is 23.5. The van der Waals surface area contributed by atoms with E-state index in [1.165, 1.54) is 43.2 Å². The van der Waals surface area contributed by atoms with Gasteiger partial charge in [-0.05, 0) is 74.0 Å². The SMILES string of the molecule is O=C([C@@H]1CNC[C@]12CCCc1nc(Cl)ccc12)N1CC[C@@H](c2ccccc2)CC1C1CCCCC1. The lowest BCUT2D eigenvalue weighted by Gasteiger charge is -2.48. The second-order valence-corrected chi connectivity index (χ2v) is 11.8. The maximum Gasteiger partial charge on any atom is 0.228 e. The van der Waals surface area contributed by atoms with Crippen molar-refractivity contribution in [2.24, 2.45) is 11.8 Å². The van der Waals surface area contributed by atoms with Gasteiger partial charge in [-0.2, -0.15) is 0 Å². The Balaban J connectivity index is 1.30. The van der Waals surface area contributed by atoms with Gasteiger partial charge in [0.15, 0.2) is 0 Å². The van der Waals surface area contributed by atoms with Gasteiger partial charge in [-0.15, -0.1) is 0 Å². The molecule has 3 heterocycles. The number of hydrogen-bond donors (Lipinski definition) is 1.